The number of carboxylic acids is 1. The topological polar surface area (TPSA) is 92.9 Å². The number of amides is 1. The van der Waals surface area contributed by atoms with Gasteiger partial charge in [0.05, 0.1) is 6.61 Å². The van der Waals surface area contributed by atoms with E-state index in [9.17, 15) is 14.7 Å². The van der Waals surface area contributed by atoms with Crippen molar-refractivity contribution in [3.05, 3.63) is 18.0 Å². The summed E-state index contributed by atoms with van der Waals surface area (Å²) in [5.41, 5.74) is -1.19. The van der Waals surface area contributed by atoms with Crippen LogP contribution in [-0.4, -0.2) is 52.8 Å². The highest BCUT2D eigenvalue weighted by Crippen LogP contribution is 2.31. The number of aliphatic carboxylic acids is 1. The average Bonchev–Trinajstić information content (AvgIpc) is 2.98. The second kappa shape index (κ2) is 4.77. The summed E-state index contributed by atoms with van der Waals surface area (Å²) < 4.78 is 9.58. The van der Waals surface area contributed by atoms with Crippen LogP contribution in [0.4, 0.5) is 0 Å². The Labute approximate surface area is 103 Å². The number of aromatic nitrogens is 1. The van der Waals surface area contributed by atoms with Crippen molar-refractivity contribution < 1.29 is 24.0 Å². The van der Waals surface area contributed by atoms with Crippen LogP contribution in [0.3, 0.4) is 0 Å². The predicted octanol–water partition coefficient (Wildman–Crippen LogP) is 0.380. The Kier molecular flexibility index (Phi) is 3.33. The van der Waals surface area contributed by atoms with Gasteiger partial charge in [0.2, 0.25) is 0 Å². The Bertz CT molecular complexity index is 444. The molecule has 0 radical (unpaired) electrons. The lowest BCUT2D eigenvalue weighted by molar-refractivity contribution is -0.151. The smallest absolute Gasteiger partial charge is 0.332 e. The molecule has 0 aromatic carbocycles. The zero-order valence-corrected chi connectivity index (χ0v) is 9.96. The van der Waals surface area contributed by atoms with E-state index in [1.165, 1.54) is 24.3 Å². The first-order valence-corrected chi connectivity index (χ1v) is 5.56. The molecule has 1 saturated heterocycles. The molecule has 1 atom stereocenters. The molecule has 1 aliphatic heterocycles. The number of methoxy groups -OCH3 is 1. The molecule has 1 aromatic heterocycles. The fourth-order valence-corrected chi connectivity index (χ4v) is 2.31. The lowest BCUT2D eigenvalue weighted by Crippen LogP contribution is -2.56. The Morgan fingerprint density at radius 1 is 1.67 bits per heavy atom. The summed E-state index contributed by atoms with van der Waals surface area (Å²) in [6.45, 7) is 0.341. The molecule has 1 aromatic rings. The van der Waals surface area contributed by atoms with Gasteiger partial charge >= 0.3 is 5.97 Å². The van der Waals surface area contributed by atoms with Crippen LogP contribution >= 0.6 is 0 Å². The SMILES string of the molecule is COCC1(C(=O)O)CCCN1C(=O)c1ccon1. The highest BCUT2D eigenvalue weighted by atomic mass is 16.5. The van der Waals surface area contributed by atoms with E-state index >= 15 is 0 Å². The summed E-state index contributed by atoms with van der Waals surface area (Å²) in [6.07, 6.45) is 2.28. The van der Waals surface area contributed by atoms with Gasteiger partial charge in [-0.15, -0.1) is 0 Å². The van der Waals surface area contributed by atoms with Gasteiger partial charge in [-0.2, -0.15) is 0 Å². The molecule has 1 fully saturated rings. The van der Waals surface area contributed by atoms with Crippen LogP contribution in [0, 0.1) is 0 Å². The summed E-state index contributed by atoms with van der Waals surface area (Å²) in [7, 11) is 1.42. The lowest BCUT2D eigenvalue weighted by atomic mass is 9.97. The van der Waals surface area contributed by atoms with Crippen molar-refractivity contribution in [2.24, 2.45) is 0 Å². The summed E-state index contributed by atoms with van der Waals surface area (Å²) in [5, 5.41) is 12.9. The first-order chi connectivity index (χ1) is 8.62. The van der Waals surface area contributed by atoms with Gasteiger partial charge in [0.1, 0.15) is 6.26 Å². The molecule has 2 rings (SSSR count). The van der Waals surface area contributed by atoms with E-state index in [1.54, 1.807) is 0 Å². The number of carbonyl (C=O) groups excluding carboxylic acids is 1. The number of ether oxygens (including phenoxy) is 1. The van der Waals surface area contributed by atoms with Gasteiger partial charge in [0, 0.05) is 19.7 Å². The third kappa shape index (κ3) is 1.86. The summed E-state index contributed by atoms with van der Waals surface area (Å²) >= 11 is 0. The fourth-order valence-electron chi connectivity index (χ4n) is 2.31. The molecule has 0 bridgehead atoms. The van der Waals surface area contributed by atoms with Gasteiger partial charge in [-0.05, 0) is 12.8 Å². The van der Waals surface area contributed by atoms with Crippen molar-refractivity contribution in [3.8, 4) is 0 Å². The summed E-state index contributed by atoms with van der Waals surface area (Å²) in [6, 6.07) is 1.42. The molecule has 1 amide bonds. The monoisotopic (exact) mass is 254 g/mol. The average molecular weight is 254 g/mol. The van der Waals surface area contributed by atoms with Crippen molar-refractivity contribution in [2.45, 2.75) is 18.4 Å². The number of nitrogens with zero attached hydrogens (tertiary/aromatic N) is 2. The second-order valence-electron chi connectivity index (χ2n) is 4.21. The van der Waals surface area contributed by atoms with E-state index in [0.717, 1.165) is 0 Å². The standard InChI is InChI=1S/C11H14N2O5/c1-17-7-11(10(15)16)4-2-5-13(11)9(14)8-3-6-18-12-8/h3,6H,2,4-5,7H2,1H3,(H,15,16). The highest BCUT2D eigenvalue weighted by molar-refractivity contribution is 5.96. The highest BCUT2D eigenvalue weighted by Gasteiger charge is 2.50. The molecule has 1 unspecified atom stereocenters. The quantitative estimate of drug-likeness (QED) is 0.835. The number of likely N-dealkylation sites (tertiary alicyclic amines) is 1. The van der Waals surface area contributed by atoms with Crippen LogP contribution in [-0.2, 0) is 9.53 Å². The van der Waals surface area contributed by atoms with Gasteiger partial charge in [0.25, 0.3) is 5.91 Å². The maximum absolute atomic E-state index is 12.2. The van der Waals surface area contributed by atoms with Gasteiger partial charge < -0.3 is 19.3 Å². The third-order valence-electron chi connectivity index (χ3n) is 3.17. The molecule has 1 aliphatic rings. The summed E-state index contributed by atoms with van der Waals surface area (Å²) in [4.78, 5) is 25.0. The van der Waals surface area contributed by atoms with Crippen LogP contribution in [0.2, 0.25) is 0 Å². The van der Waals surface area contributed by atoms with E-state index in [-0.39, 0.29) is 12.3 Å². The molecule has 7 nitrogen and oxygen atoms in total. The molecular weight excluding hydrogens is 240 g/mol. The van der Waals surface area contributed by atoms with Crippen LogP contribution < -0.4 is 0 Å². The van der Waals surface area contributed by atoms with E-state index < -0.39 is 17.4 Å². The van der Waals surface area contributed by atoms with E-state index in [2.05, 4.69) is 9.68 Å². The first-order valence-electron chi connectivity index (χ1n) is 5.56. The Morgan fingerprint density at radius 3 is 3.00 bits per heavy atom. The largest absolute Gasteiger partial charge is 0.479 e. The number of carboxylic acid groups (broad SMARTS) is 1. The molecule has 7 heteroatoms. The number of hydrogen-bond acceptors (Lipinski definition) is 5. The van der Waals surface area contributed by atoms with Crippen molar-refractivity contribution in [1.82, 2.24) is 10.1 Å². The zero-order valence-electron chi connectivity index (χ0n) is 9.96. The van der Waals surface area contributed by atoms with Crippen molar-refractivity contribution in [3.63, 3.8) is 0 Å². The molecule has 0 spiro atoms. The minimum atomic E-state index is -1.30. The minimum absolute atomic E-state index is 0.0358. The second-order valence-corrected chi connectivity index (χ2v) is 4.21. The van der Waals surface area contributed by atoms with Gasteiger partial charge in [0.15, 0.2) is 11.2 Å². The van der Waals surface area contributed by atoms with Gasteiger partial charge in [-0.25, -0.2) is 4.79 Å². The molecule has 2 heterocycles. The Hall–Kier alpha value is -1.89. The Balaban J connectivity index is 2.30. The Morgan fingerprint density at radius 2 is 2.44 bits per heavy atom. The maximum Gasteiger partial charge on any atom is 0.332 e. The van der Waals surface area contributed by atoms with Crippen LogP contribution in [0.15, 0.2) is 16.9 Å². The van der Waals surface area contributed by atoms with Gasteiger partial charge in [-0.3, -0.25) is 4.79 Å². The predicted molar refractivity (Wildman–Crippen MR) is 59.0 cm³/mol. The van der Waals surface area contributed by atoms with Gasteiger partial charge in [-0.1, -0.05) is 5.16 Å². The molecule has 0 saturated carbocycles. The molecule has 0 aliphatic carbocycles. The van der Waals surface area contributed by atoms with E-state index in [4.69, 9.17) is 4.74 Å². The minimum Gasteiger partial charge on any atom is -0.479 e. The number of rotatable bonds is 4. The van der Waals surface area contributed by atoms with Crippen molar-refractivity contribution in [1.29, 1.82) is 0 Å². The fraction of sp³-hybridized carbons (Fsp3) is 0.545. The first kappa shape index (κ1) is 12.6. The molecular formula is C11H14N2O5. The maximum atomic E-state index is 12.2. The van der Waals surface area contributed by atoms with Crippen molar-refractivity contribution in [2.75, 3.05) is 20.3 Å². The molecule has 98 valence electrons. The zero-order chi connectivity index (χ0) is 13.2. The molecule has 1 N–H and O–H groups in total. The normalized spacial score (nSPS) is 23.3. The van der Waals surface area contributed by atoms with Crippen LogP contribution in [0.5, 0.6) is 0 Å². The van der Waals surface area contributed by atoms with E-state index in [0.29, 0.717) is 19.4 Å². The van der Waals surface area contributed by atoms with Crippen LogP contribution in [0.1, 0.15) is 23.3 Å². The third-order valence-corrected chi connectivity index (χ3v) is 3.17. The van der Waals surface area contributed by atoms with E-state index in [1.807, 2.05) is 0 Å². The summed E-state index contributed by atoms with van der Waals surface area (Å²) in [5.74, 6) is -1.50. The number of carbonyl (C=O) groups is 2. The lowest BCUT2D eigenvalue weighted by Gasteiger charge is -2.33. The van der Waals surface area contributed by atoms with Crippen molar-refractivity contribution >= 4 is 11.9 Å². The molecule has 18 heavy (non-hydrogen) atoms. The van der Waals surface area contributed by atoms with Crippen LogP contribution in [0.25, 0.3) is 0 Å². The number of hydrogen-bond donors (Lipinski definition) is 1.